The summed E-state index contributed by atoms with van der Waals surface area (Å²) >= 11 is 0. The SMILES string of the molecule is C#CC(CC)NC(=O)N1CCc2c(cccc2C(=O)O)C1. The number of urea groups is 1. The summed E-state index contributed by atoms with van der Waals surface area (Å²) in [4.78, 5) is 25.0. The van der Waals surface area contributed by atoms with Gasteiger partial charge in [0.05, 0.1) is 11.6 Å². The van der Waals surface area contributed by atoms with Gasteiger partial charge in [-0.25, -0.2) is 9.59 Å². The number of rotatable bonds is 3. The molecule has 5 nitrogen and oxygen atoms in total. The van der Waals surface area contributed by atoms with Crippen LogP contribution in [0.1, 0.15) is 34.8 Å². The number of nitrogens with zero attached hydrogens (tertiary/aromatic N) is 1. The minimum Gasteiger partial charge on any atom is -0.478 e. The first-order valence-electron chi connectivity index (χ1n) is 6.92. The second kappa shape index (κ2) is 6.31. The molecule has 1 aliphatic rings. The summed E-state index contributed by atoms with van der Waals surface area (Å²) < 4.78 is 0. The van der Waals surface area contributed by atoms with Gasteiger partial charge in [-0.2, -0.15) is 0 Å². The van der Waals surface area contributed by atoms with Crippen LogP contribution in [0.25, 0.3) is 0 Å². The van der Waals surface area contributed by atoms with E-state index in [0.29, 0.717) is 31.5 Å². The molecule has 0 bridgehead atoms. The normalized spacial score (nSPS) is 14.8. The number of carboxylic acids is 1. The lowest BCUT2D eigenvalue weighted by Crippen LogP contribution is -2.46. The first kappa shape index (κ1) is 14.9. The van der Waals surface area contributed by atoms with Crippen LogP contribution in [-0.4, -0.2) is 34.6 Å². The number of benzene rings is 1. The molecule has 1 unspecified atom stereocenters. The van der Waals surface area contributed by atoms with Crippen molar-refractivity contribution in [1.29, 1.82) is 0 Å². The largest absolute Gasteiger partial charge is 0.478 e. The van der Waals surface area contributed by atoms with Crippen molar-refractivity contribution >= 4 is 12.0 Å². The first-order chi connectivity index (χ1) is 10.1. The molecule has 1 aliphatic heterocycles. The number of carbonyl (C=O) groups is 2. The zero-order valence-corrected chi connectivity index (χ0v) is 11.9. The van der Waals surface area contributed by atoms with Crippen LogP contribution >= 0.6 is 0 Å². The monoisotopic (exact) mass is 286 g/mol. The van der Waals surface area contributed by atoms with E-state index in [1.807, 2.05) is 13.0 Å². The lowest BCUT2D eigenvalue weighted by Gasteiger charge is -2.30. The Kier molecular flexibility index (Phi) is 4.49. The van der Waals surface area contributed by atoms with E-state index in [2.05, 4.69) is 11.2 Å². The van der Waals surface area contributed by atoms with Gasteiger partial charge in [-0.1, -0.05) is 25.0 Å². The molecule has 0 spiro atoms. The Bertz CT molecular complexity index is 604. The number of nitrogens with one attached hydrogen (secondary N) is 1. The molecule has 21 heavy (non-hydrogen) atoms. The van der Waals surface area contributed by atoms with Gasteiger partial charge >= 0.3 is 12.0 Å². The maximum atomic E-state index is 12.2. The fourth-order valence-electron chi connectivity index (χ4n) is 2.49. The summed E-state index contributed by atoms with van der Waals surface area (Å²) in [6.45, 7) is 2.81. The Morgan fingerprint density at radius 1 is 1.52 bits per heavy atom. The molecule has 0 saturated carbocycles. The van der Waals surface area contributed by atoms with Crippen LogP contribution in [-0.2, 0) is 13.0 Å². The van der Waals surface area contributed by atoms with Gasteiger partial charge in [-0.15, -0.1) is 6.42 Å². The predicted molar refractivity (Wildman–Crippen MR) is 79.0 cm³/mol. The van der Waals surface area contributed by atoms with Gasteiger partial charge in [0.1, 0.15) is 0 Å². The van der Waals surface area contributed by atoms with E-state index in [1.54, 1.807) is 17.0 Å². The molecule has 0 aromatic heterocycles. The average Bonchev–Trinajstić information content (AvgIpc) is 2.50. The van der Waals surface area contributed by atoms with E-state index in [1.165, 1.54) is 0 Å². The third kappa shape index (κ3) is 3.16. The van der Waals surface area contributed by atoms with Crippen LogP contribution in [0, 0.1) is 12.3 Å². The quantitative estimate of drug-likeness (QED) is 0.833. The van der Waals surface area contributed by atoms with Crippen molar-refractivity contribution in [1.82, 2.24) is 10.2 Å². The second-order valence-corrected chi connectivity index (χ2v) is 5.00. The molecule has 2 amide bonds. The highest BCUT2D eigenvalue weighted by molar-refractivity contribution is 5.90. The van der Waals surface area contributed by atoms with Crippen LogP contribution < -0.4 is 5.32 Å². The van der Waals surface area contributed by atoms with Gasteiger partial charge in [-0.05, 0) is 30.0 Å². The molecule has 1 atom stereocenters. The molecule has 1 heterocycles. The second-order valence-electron chi connectivity index (χ2n) is 5.00. The van der Waals surface area contributed by atoms with E-state index in [0.717, 1.165) is 11.1 Å². The number of hydrogen-bond donors (Lipinski definition) is 2. The Morgan fingerprint density at radius 2 is 2.29 bits per heavy atom. The van der Waals surface area contributed by atoms with Crippen LogP contribution in [0.4, 0.5) is 4.79 Å². The van der Waals surface area contributed by atoms with Crippen molar-refractivity contribution in [3.63, 3.8) is 0 Å². The lowest BCUT2D eigenvalue weighted by molar-refractivity contribution is 0.0695. The standard InChI is InChI=1S/C16H18N2O3/c1-3-12(4-2)17-16(21)18-9-8-13-11(10-18)6-5-7-14(13)15(19)20/h1,5-7,12H,4,8-10H2,2H3,(H,17,21)(H,19,20). The van der Waals surface area contributed by atoms with E-state index >= 15 is 0 Å². The third-order valence-corrected chi connectivity index (χ3v) is 3.69. The number of carboxylic acid groups (broad SMARTS) is 1. The van der Waals surface area contributed by atoms with Crippen molar-refractivity contribution in [2.45, 2.75) is 32.4 Å². The Balaban J connectivity index is 2.13. The summed E-state index contributed by atoms with van der Waals surface area (Å²) in [6.07, 6.45) is 6.56. The fraction of sp³-hybridized carbons (Fsp3) is 0.375. The maximum Gasteiger partial charge on any atom is 0.335 e. The molecule has 1 aromatic rings. The lowest BCUT2D eigenvalue weighted by atomic mass is 9.94. The number of carbonyl (C=O) groups excluding carboxylic acids is 1. The molecule has 0 saturated heterocycles. The van der Waals surface area contributed by atoms with Gasteiger partial charge in [0.25, 0.3) is 0 Å². The van der Waals surface area contributed by atoms with Gasteiger partial charge in [0.2, 0.25) is 0 Å². The van der Waals surface area contributed by atoms with E-state index in [-0.39, 0.29) is 12.1 Å². The molecule has 110 valence electrons. The molecule has 1 aromatic carbocycles. The molecule has 0 aliphatic carbocycles. The maximum absolute atomic E-state index is 12.2. The molecule has 2 rings (SSSR count). The summed E-state index contributed by atoms with van der Waals surface area (Å²) in [5.74, 6) is 1.60. The highest BCUT2D eigenvalue weighted by Gasteiger charge is 2.24. The molecular formula is C16H18N2O3. The minimum absolute atomic E-state index is 0.203. The fourth-order valence-corrected chi connectivity index (χ4v) is 2.49. The van der Waals surface area contributed by atoms with Gasteiger partial charge in [0, 0.05) is 13.1 Å². The number of hydrogen-bond acceptors (Lipinski definition) is 2. The van der Waals surface area contributed by atoms with E-state index < -0.39 is 5.97 Å². The molecule has 2 N–H and O–H groups in total. The van der Waals surface area contributed by atoms with Crippen LogP contribution in [0.5, 0.6) is 0 Å². The van der Waals surface area contributed by atoms with Gasteiger partial charge in [0.15, 0.2) is 0 Å². The summed E-state index contributed by atoms with van der Waals surface area (Å²) in [5, 5.41) is 12.0. The Morgan fingerprint density at radius 3 is 2.90 bits per heavy atom. The van der Waals surface area contributed by atoms with Crippen molar-refractivity contribution in [3.05, 3.63) is 34.9 Å². The Labute approximate surface area is 124 Å². The summed E-state index contributed by atoms with van der Waals surface area (Å²) in [6, 6.07) is 4.69. The highest BCUT2D eigenvalue weighted by Crippen LogP contribution is 2.22. The van der Waals surface area contributed by atoms with Crippen molar-refractivity contribution < 1.29 is 14.7 Å². The van der Waals surface area contributed by atoms with Gasteiger partial charge in [-0.3, -0.25) is 0 Å². The Hall–Kier alpha value is -2.48. The van der Waals surface area contributed by atoms with Crippen LogP contribution in [0.15, 0.2) is 18.2 Å². The zero-order valence-electron chi connectivity index (χ0n) is 11.9. The molecular weight excluding hydrogens is 268 g/mol. The first-order valence-corrected chi connectivity index (χ1v) is 6.92. The minimum atomic E-state index is -0.928. The summed E-state index contributed by atoms with van der Waals surface area (Å²) in [7, 11) is 0. The topological polar surface area (TPSA) is 69.6 Å². The number of fused-ring (bicyclic) bond motifs is 1. The molecule has 5 heteroatoms. The number of amides is 2. The van der Waals surface area contributed by atoms with Gasteiger partial charge < -0.3 is 15.3 Å². The smallest absolute Gasteiger partial charge is 0.335 e. The zero-order chi connectivity index (χ0) is 15.4. The predicted octanol–water partition coefficient (Wildman–Crippen LogP) is 1.86. The molecule has 0 fully saturated rings. The van der Waals surface area contributed by atoms with E-state index in [4.69, 9.17) is 6.42 Å². The number of terminal acetylenes is 1. The highest BCUT2D eigenvalue weighted by atomic mass is 16.4. The van der Waals surface area contributed by atoms with Crippen LogP contribution in [0.2, 0.25) is 0 Å². The van der Waals surface area contributed by atoms with Crippen molar-refractivity contribution in [3.8, 4) is 12.3 Å². The van der Waals surface area contributed by atoms with Crippen molar-refractivity contribution in [2.75, 3.05) is 6.54 Å². The van der Waals surface area contributed by atoms with E-state index in [9.17, 15) is 14.7 Å². The molecule has 0 radical (unpaired) electrons. The average molecular weight is 286 g/mol. The number of aromatic carboxylic acids is 1. The van der Waals surface area contributed by atoms with Crippen LogP contribution in [0.3, 0.4) is 0 Å². The van der Waals surface area contributed by atoms with Crippen molar-refractivity contribution in [2.24, 2.45) is 0 Å². The summed E-state index contributed by atoms with van der Waals surface area (Å²) in [5.41, 5.74) is 2.02. The third-order valence-electron chi connectivity index (χ3n) is 3.69.